The molecule has 0 radical (unpaired) electrons. The Hall–Kier alpha value is -0.770. The van der Waals surface area contributed by atoms with Gasteiger partial charge in [0.05, 0.1) is 6.10 Å². The zero-order chi connectivity index (χ0) is 10.8. The summed E-state index contributed by atoms with van der Waals surface area (Å²) in [4.78, 5) is 2.20. The van der Waals surface area contributed by atoms with E-state index in [2.05, 4.69) is 4.90 Å². The maximum absolute atomic E-state index is 9.40. The highest BCUT2D eigenvalue weighted by Gasteiger charge is 2.20. The number of benzene rings is 1. The number of aliphatic hydroxyl groups is 1. The highest BCUT2D eigenvalue weighted by Crippen LogP contribution is 2.21. The molecule has 0 aliphatic carbocycles. The minimum absolute atomic E-state index is 0.182. The van der Waals surface area contributed by atoms with Crippen LogP contribution in [0.3, 0.4) is 0 Å². The van der Waals surface area contributed by atoms with E-state index in [1.807, 2.05) is 12.1 Å². The van der Waals surface area contributed by atoms with Crippen LogP contribution in [0.1, 0.15) is 12.0 Å². The highest BCUT2D eigenvalue weighted by molar-refractivity contribution is 6.30. The molecule has 0 saturated carbocycles. The van der Waals surface area contributed by atoms with Gasteiger partial charge in [-0.1, -0.05) is 17.7 Å². The fraction of sp³-hybridized carbons (Fsp3) is 0.455. The quantitative estimate of drug-likeness (QED) is 0.752. The van der Waals surface area contributed by atoms with Gasteiger partial charge in [-0.05, 0) is 24.1 Å². The van der Waals surface area contributed by atoms with E-state index in [0.29, 0.717) is 5.02 Å². The van der Waals surface area contributed by atoms with Crippen LogP contribution in [0, 0.1) is 0 Å². The molecule has 0 aromatic heterocycles. The van der Waals surface area contributed by atoms with Crippen molar-refractivity contribution in [3.05, 3.63) is 28.8 Å². The first kappa shape index (κ1) is 10.7. The highest BCUT2D eigenvalue weighted by atomic mass is 35.5. The average molecular weight is 227 g/mol. The van der Waals surface area contributed by atoms with Crippen LogP contribution in [0.4, 0.5) is 5.69 Å². The molecule has 0 bridgehead atoms. The van der Waals surface area contributed by atoms with Crippen LogP contribution in [-0.4, -0.2) is 29.2 Å². The number of β-amino-alcohol motifs (C(OH)–C–C–N with tert-alkyl or cyclic N) is 1. The molecule has 1 saturated heterocycles. The molecule has 1 aromatic carbocycles. The summed E-state index contributed by atoms with van der Waals surface area (Å²) >= 11 is 5.82. The van der Waals surface area contributed by atoms with Gasteiger partial charge in [0.2, 0.25) is 0 Å². The van der Waals surface area contributed by atoms with Gasteiger partial charge in [0.1, 0.15) is 0 Å². The number of halogens is 1. The Bertz CT molecular complexity index is 356. The van der Waals surface area contributed by atoms with Crippen molar-refractivity contribution in [3.63, 3.8) is 0 Å². The Kier molecular flexibility index (Phi) is 3.14. The van der Waals surface area contributed by atoms with Gasteiger partial charge in [-0.15, -0.1) is 0 Å². The SMILES string of the molecule is Nc1cc(Cl)ccc1CN1CCC(O)C1. The molecule has 0 spiro atoms. The predicted molar refractivity (Wildman–Crippen MR) is 61.8 cm³/mol. The van der Waals surface area contributed by atoms with E-state index >= 15 is 0 Å². The summed E-state index contributed by atoms with van der Waals surface area (Å²) in [7, 11) is 0. The van der Waals surface area contributed by atoms with Crippen molar-refractivity contribution in [2.75, 3.05) is 18.8 Å². The normalized spacial score (nSPS) is 22.1. The van der Waals surface area contributed by atoms with Gasteiger partial charge in [0.25, 0.3) is 0 Å². The summed E-state index contributed by atoms with van der Waals surface area (Å²) < 4.78 is 0. The molecular formula is C11H15ClN2O. The summed E-state index contributed by atoms with van der Waals surface area (Å²) in [6, 6.07) is 5.56. The lowest BCUT2D eigenvalue weighted by Crippen LogP contribution is -2.22. The third-order valence-corrected chi connectivity index (χ3v) is 2.98. The number of aliphatic hydroxyl groups excluding tert-OH is 1. The molecule has 3 nitrogen and oxygen atoms in total. The summed E-state index contributed by atoms with van der Waals surface area (Å²) in [6.07, 6.45) is 0.673. The van der Waals surface area contributed by atoms with E-state index < -0.39 is 0 Å². The molecule has 1 aromatic rings. The van der Waals surface area contributed by atoms with Crippen molar-refractivity contribution in [3.8, 4) is 0 Å². The monoisotopic (exact) mass is 226 g/mol. The number of hydrogen-bond donors (Lipinski definition) is 2. The summed E-state index contributed by atoms with van der Waals surface area (Å²) in [6.45, 7) is 2.46. The largest absolute Gasteiger partial charge is 0.398 e. The van der Waals surface area contributed by atoms with E-state index in [-0.39, 0.29) is 6.10 Å². The lowest BCUT2D eigenvalue weighted by Gasteiger charge is -2.16. The number of rotatable bonds is 2. The second-order valence-electron chi connectivity index (χ2n) is 4.02. The van der Waals surface area contributed by atoms with E-state index in [1.165, 1.54) is 0 Å². The van der Waals surface area contributed by atoms with Gasteiger partial charge in [0.15, 0.2) is 0 Å². The van der Waals surface area contributed by atoms with Gasteiger partial charge in [-0.3, -0.25) is 4.90 Å². The zero-order valence-electron chi connectivity index (χ0n) is 8.49. The molecule has 2 rings (SSSR count). The Morgan fingerprint density at radius 1 is 1.53 bits per heavy atom. The van der Waals surface area contributed by atoms with E-state index in [0.717, 1.165) is 37.3 Å². The van der Waals surface area contributed by atoms with Crippen LogP contribution in [0.15, 0.2) is 18.2 Å². The molecule has 3 N–H and O–H groups in total. The summed E-state index contributed by atoms with van der Waals surface area (Å²) in [5, 5.41) is 10.1. The molecule has 82 valence electrons. The summed E-state index contributed by atoms with van der Waals surface area (Å²) in [5.74, 6) is 0. The number of nitrogens with zero attached hydrogens (tertiary/aromatic N) is 1. The third-order valence-electron chi connectivity index (χ3n) is 2.75. The predicted octanol–water partition coefficient (Wildman–Crippen LogP) is 1.49. The van der Waals surface area contributed by atoms with Crippen molar-refractivity contribution >= 4 is 17.3 Å². The van der Waals surface area contributed by atoms with Crippen molar-refractivity contribution in [1.82, 2.24) is 4.90 Å². The fourth-order valence-corrected chi connectivity index (χ4v) is 2.09. The fourth-order valence-electron chi connectivity index (χ4n) is 1.91. The van der Waals surface area contributed by atoms with E-state index in [4.69, 9.17) is 17.3 Å². The lowest BCUT2D eigenvalue weighted by molar-refractivity contribution is 0.175. The Labute approximate surface area is 94.4 Å². The lowest BCUT2D eigenvalue weighted by atomic mass is 10.2. The number of nitrogen functional groups attached to an aromatic ring is 1. The standard InChI is InChI=1S/C11H15ClN2O/c12-9-2-1-8(11(13)5-9)6-14-4-3-10(15)7-14/h1-2,5,10,15H,3-4,6-7,13H2. The van der Waals surface area contributed by atoms with E-state index in [9.17, 15) is 5.11 Å². The van der Waals surface area contributed by atoms with Crippen molar-refractivity contribution in [2.24, 2.45) is 0 Å². The van der Waals surface area contributed by atoms with Crippen LogP contribution in [0.25, 0.3) is 0 Å². The number of anilines is 1. The zero-order valence-corrected chi connectivity index (χ0v) is 9.24. The first-order valence-electron chi connectivity index (χ1n) is 5.09. The maximum atomic E-state index is 9.40. The Morgan fingerprint density at radius 3 is 2.93 bits per heavy atom. The van der Waals surface area contributed by atoms with E-state index in [1.54, 1.807) is 6.07 Å². The minimum atomic E-state index is -0.182. The number of nitrogens with two attached hydrogens (primary N) is 1. The molecule has 1 fully saturated rings. The minimum Gasteiger partial charge on any atom is -0.398 e. The molecule has 1 unspecified atom stereocenters. The van der Waals surface area contributed by atoms with Gasteiger partial charge in [-0.2, -0.15) is 0 Å². The molecule has 1 heterocycles. The maximum Gasteiger partial charge on any atom is 0.0679 e. The van der Waals surface area contributed by atoms with Crippen LogP contribution < -0.4 is 5.73 Å². The van der Waals surface area contributed by atoms with Crippen molar-refractivity contribution in [1.29, 1.82) is 0 Å². The van der Waals surface area contributed by atoms with Gasteiger partial charge >= 0.3 is 0 Å². The molecule has 4 heteroatoms. The first-order chi connectivity index (χ1) is 7.15. The second-order valence-corrected chi connectivity index (χ2v) is 4.46. The average Bonchev–Trinajstić information content (AvgIpc) is 2.56. The molecule has 1 aliphatic heterocycles. The smallest absolute Gasteiger partial charge is 0.0679 e. The molecule has 15 heavy (non-hydrogen) atoms. The molecular weight excluding hydrogens is 212 g/mol. The van der Waals surface area contributed by atoms with Crippen molar-refractivity contribution < 1.29 is 5.11 Å². The molecule has 1 atom stereocenters. The van der Waals surface area contributed by atoms with Crippen LogP contribution in [0.2, 0.25) is 5.02 Å². The van der Waals surface area contributed by atoms with Crippen LogP contribution in [-0.2, 0) is 6.54 Å². The Morgan fingerprint density at radius 2 is 2.33 bits per heavy atom. The molecule has 0 amide bonds. The number of hydrogen-bond acceptors (Lipinski definition) is 3. The summed E-state index contributed by atoms with van der Waals surface area (Å²) in [5.41, 5.74) is 7.66. The molecule has 1 aliphatic rings. The van der Waals surface area contributed by atoms with Crippen LogP contribution >= 0.6 is 11.6 Å². The third kappa shape index (κ3) is 2.62. The van der Waals surface area contributed by atoms with Gasteiger partial charge in [0, 0.05) is 30.3 Å². The number of likely N-dealkylation sites (tertiary alicyclic amines) is 1. The topological polar surface area (TPSA) is 49.5 Å². The van der Waals surface area contributed by atoms with Crippen LogP contribution in [0.5, 0.6) is 0 Å². The Balaban J connectivity index is 2.04. The van der Waals surface area contributed by atoms with Gasteiger partial charge in [-0.25, -0.2) is 0 Å². The van der Waals surface area contributed by atoms with Crippen molar-refractivity contribution in [2.45, 2.75) is 19.1 Å². The second kappa shape index (κ2) is 4.39. The first-order valence-corrected chi connectivity index (χ1v) is 5.47. The van der Waals surface area contributed by atoms with Gasteiger partial charge < -0.3 is 10.8 Å².